The summed E-state index contributed by atoms with van der Waals surface area (Å²) in [5.74, 6) is 0. The molecule has 2 unspecified atom stereocenters. The summed E-state index contributed by atoms with van der Waals surface area (Å²) in [5, 5.41) is 0. The van der Waals surface area contributed by atoms with Gasteiger partial charge in [0.05, 0.1) is 5.60 Å². The molecule has 0 bridgehead atoms. The van der Waals surface area contributed by atoms with Crippen LogP contribution in [0, 0.1) is 0 Å². The van der Waals surface area contributed by atoms with Crippen LogP contribution in [0.5, 0.6) is 0 Å². The maximum absolute atomic E-state index is 5.80. The Kier molecular flexibility index (Phi) is 7.20. The number of hydrogen-bond acceptors (Lipinski definition) is 2. The van der Waals surface area contributed by atoms with Crippen LogP contribution in [0.15, 0.2) is 0 Å². The lowest BCUT2D eigenvalue weighted by Crippen LogP contribution is -2.30. The molecule has 0 saturated carbocycles. The Morgan fingerprint density at radius 3 is 2.13 bits per heavy atom. The fraction of sp³-hybridized carbons (Fsp3) is 1.00. The van der Waals surface area contributed by atoms with E-state index in [2.05, 4.69) is 18.9 Å². The standard InChI is InChI=1S/C9H17NO.2C2H6/c1-8-6-9(7-10(8)2)4-3-5-11-9;2*1-2/h8H,3-7H2,1-2H3;2*1-2H3. The molecule has 2 heterocycles. The summed E-state index contributed by atoms with van der Waals surface area (Å²) in [5.41, 5.74) is 0.258. The number of rotatable bonds is 0. The van der Waals surface area contributed by atoms with E-state index < -0.39 is 0 Å². The molecule has 0 N–H and O–H groups in total. The van der Waals surface area contributed by atoms with E-state index in [-0.39, 0.29) is 5.60 Å². The molecule has 0 aromatic rings. The predicted octanol–water partition coefficient (Wildman–Crippen LogP) is 3.31. The number of likely N-dealkylation sites (tertiary alicyclic amines) is 1. The largest absolute Gasteiger partial charge is 0.374 e. The molecular formula is C13H29NO. The lowest BCUT2D eigenvalue weighted by Gasteiger charge is -2.21. The van der Waals surface area contributed by atoms with Crippen LogP contribution in [-0.2, 0) is 4.74 Å². The van der Waals surface area contributed by atoms with Crippen molar-refractivity contribution in [2.45, 2.75) is 65.5 Å². The zero-order valence-corrected chi connectivity index (χ0v) is 11.5. The second-order valence-electron chi connectivity index (χ2n) is 4.10. The molecule has 0 aromatic carbocycles. The summed E-state index contributed by atoms with van der Waals surface area (Å²) < 4.78 is 5.80. The van der Waals surface area contributed by atoms with Crippen LogP contribution in [0.25, 0.3) is 0 Å². The molecule has 0 aliphatic carbocycles. The van der Waals surface area contributed by atoms with Gasteiger partial charge in [-0.3, -0.25) is 0 Å². The minimum atomic E-state index is 0.258. The van der Waals surface area contributed by atoms with Crippen molar-refractivity contribution < 1.29 is 4.74 Å². The van der Waals surface area contributed by atoms with Crippen molar-refractivity contribution in [1.29, 1.82) is 0 Å². The molecule has 2 aliphatic rings. The maximum atomic E-state index is 5.80. The Hall–Kier alpha value is -0.0800. The molecule has 2 rings (SSSR count). The van der Waals surface area contributed by atoms with E-state index in [0.717, 1.165) is 13.2 Å². The first-order valence-corrected chi connectivity index (χ1v) is 6.56. The van der Waals surface area contributed by atoms with Gasteiger partial charge in [-0.2, -0.15) is 0 Å². The Morgan fingerprint density at radius 2 is 1.80 bits per heavy atom. The fourth-order valence-corrected chi connectivity index (χ4v) is 2.41. The third kappa shape index (κ3) is 3.76. The quantitative estimate of drug-likeness (QED) is 0.614. The van der Waals surface area contributed by atoms with Crippen molar-refractivity contribution in [2.75, 3.05) is 20.2 Å². The number of hydrogen-bond donors (Lipinski definition) is 0. The van der Waals surface area contributed by atoms with Crippen LogP contribution < -0.4 is 0 Å². The summed E-state index contributed by atoms with van der Waals surface area (Å²) in [6, 6.07) is 0.716. The summed E-state index contributed by atoms with van der Waals surface area (Å²) in [4.78, 5) is 2.41. The average Bonchev–Trinajstić information content (AvgIpc) is 2.82. The first-order valence-electron chi connectivity index (χ1n) is 6.56. The van der Waals surface area contributed by atoms with Crippen molar-refractivity contribution in [3.05, 3.63) is 0 Å². The van der Waals surface area contributed by atoms with Crippen molar-refractivity contribution in [3.63, 3.8) is 0 Å². The lowest BCUT2D eigenvalue weighted by molar-refractivity contribution is 0.0143. The van der Waals surface area contributed by atoms with Gasteiger partial charge in [0.1, 0.15) is 0 Å². The highest BCUT2D eigenvalue weighted by atomic mass is 16.5. The van der Waals surface area contributed by atoms with Gasteiger partial charge in [0.15, 0.2) is 0 Å². The Morgan fingerprint density at radius 1 is 1.20 bits per heavy atom. The van der Waals surface area contributed by atoms with Crippen LogP contribution in [0.2, 0.25) is 0 Å². The second-order valence-corrected chi connectivity index (χ2v) is 4.10. The SMILES string of the molecule is CC.CC.CC1CC2(CCCO2)CN1C. The first kappa shape index (κ1) is 14.9. The van der Waals surface area contributed by atoms with Gasteiger partial charge < -0.3 is 9.64 Å². The molecule has 1 spiro atoms. The maximum Gasteiger partial charge on any atom is 0.0824 e. The molecule has 2 heteroatoms. The van der Waals surface area contributed by atoms with E-state index in [0.29, 0.717) is 6.04 Å². The molecule has 2 atom stereocenters. The molecule has 15 heavy (non-hydrogen) atoms. The summed E-state index contributed by atoms with van der Waals surface area (Å²) in [6.45, 7) is 12.4. The molecule has 2 saturated heterocycles. The van der Waals surface area contributed by atoms with Crippen LogP contribution in [-0.4, -0.2) is 36.7 Å². The number of nitrogens with zero attached hydrogens (tertiary/aromatic N) is 1. The topological polar surface area (TPSA) is 12.5 Å². The first-order chi connectivity index (χ1) is 7.22. The van der Waals surface area contributed by atoms with E-state index in [9.17, 15) is 0 Å². The molecule has 92 valence electrons. The smallest absolute Gasteiger partial charge is 0.0824 e. The van der Waals surface area contributed by atoms with Gasteiger partial charge in [-0.05, 0) is 33.2 Å². The molecule has 2 fully saturated rings. The van der Waals surface area contributed by atoms with Crippen LogP contribution >= 0.6 is 0 Å². The van der Waals surface area contributed by atoms with E-state index in [4.69, 9.17) is 4.74 Å². The molecule has 2 aliphatic heterocycles. The molecule has 0 radical (unpaired) electrons. The average molecular weight is 215 g/mol. The number of likely N-dealkylation sites (N-methyl/N-ethyl adjacent to an activating group) is 1. The van der Waals surface area contributed by atoms with E-state index in [1.807, 2.05) is 27.7 Å². The molecule has 0 aromatic heterocycles. The van der Waals surface area contributed by atoms with Gasteiger partial charge in [0, 0.05) is 19.2 Å². The fourth-order valence-electron chi connectivity index (χ4n) is 2.41. The van der Waals surface area contributed by atoms with E-state index in [1.54, 1.807) is 0 Å². The monoisotopic (exact) mass is 215 g/mol. The minimum Gasteiger partial charge on any atom is -0.374 e. The second kappa shape index (κ2) is 7.24. The van der Waals surface area contributed by atoms with Gasteiger partial charge in [-0.15, -0.1) is 0 Å². The van der Waals surface area contributed by atoms with E-state index >= 15 is 0 Å². The van der Waals surface area contributed by atoms with Gasteiger partial charge in [0.2, 0.25) is 0 Å². The Labute approximate surface area is 96.0 Å². The molecular weight excluding hydrogens is 186 g/mol. The molecule has 2 nitrogen and oxygen atoms in total. The summed E-state index contributed by atoms with van der Waals surface area (Å²) >= 11 is 0. The van der Waals surface area contributed by atoms with Crippen molar-refractivity contribution in [2.24, 2.45) is 0 Å². The van der Waals surface area contributed by atoms with Gasteiger partial charge in [0.25, 0.3) is 0 Å². The summed E-state index contributed by atoms with van der Waals surface area (Å²) in [7, 11) is 2.20. The lowest BCUT2D eigenvalue weighted by atomic mass is 9.97. The highest BCUT2D eigenvalue weighted by Crippen LogP contribution is 2.37. The zero-order chi connectivity index (χ0) is 11.9. The van der Waals surface area contributed by atoms with Gasteiger partial charge in [-0.25, -0.2) is 0 Å². The third-order valence-corrected chi connectivity index (χ3v) is 3.14. The Bertz CT molecular complexity index is 141. The van der Waals surface area contributed by atoms with Gasteiger partial charge in [-0.1, -0.05) is 27.7 Å². The van der Waals surface area contributed by atoms with E-state index in [1.165, 1.54) is 19.3 Å². The van der Waals surface area contributed by atoms with Crippen molar-refractivity contribution in [1.82, 2.24) is 4.90 Å². The highest BCUT2D eigenvalue weighted by Gasteiger charge is 2.43. The molecule has 0 amide bonds. The van der Waals surface area contributed by atoms with Crippen molar-refractivity contribution >= 4 is 0 Å². The van der Waals surface area contributed by atoms with Crippen LogP contribution in [0.1, 0.15) is 53.9 Å². The minimum absolute atomic E-state index is 0.258. The Balaban J connectivity index is 0.000000442. The highest BCUT2D eigenvalue weighted by molar-refractivity contribution is 4.97. The predicted molar refractivity (Wildman–Crippen MR) is 67.3 cm³/mol. The number of ether oxygens (including phenoxy) is 1. The van der Waals surface area contributed by atoms with Gasteiger partial charge >= 0.3 is 0 Å². The normalized spacial score (nSPS) is 34.4. The third-order valence-electron chi connectivity index (χ3n) is 3.14. The van der Waals surface area contributed by atoms with Crippen molar-refractivity contribution in [3.8, 4) is 0 Å². The summed E-state index contributed by atoms with van der Waals surface area (Å²) in [6.07, 6.45) is 3.78. The van der Waals surface area contributed by atoms with Crippen LogP contribution in [0.4, 0.5) is 0 Å². The zero-order valence-electron chi connectivity index (χ0n) is 11.5. The van der Waals surface area contributed by atoms with Crippen LogP contribution in [0.3, 0.4) is 0 Å².